The van der Waals surface area contributed by atoms with Gasteiger partial charge in [0.25, 0.3) is 0 Å². The Morgan fingerprint density at radius 3 is 2.60 bits per heavy atom. The van der Waals surface area contributed by atoms with Gasteiger partial charge in [-0.1, -0.05) is 44.0 Å². The first kappa shape index (κ1) is 14.8. The number of nitriles is 1. The van der Waals surface area contributed by atoms with Gasteiger partial charge in [0.1, 0.15) is 6.07 Å². The third-order valence-corrected chi connectivity index (χ3v) is 3.62. The van der Waals surface area contributed by atoms with Gasteiger partial charge in [-0.15, -0.1) is 0 Å². The zero-order valence-electron chi connectivity index (χ0n) is 10.4. The van der Waals surface area contributed by atoms with Gasteiger partial charge in [-0.05, 0) is 35.9 Å². The fourth-order valence-electron chi connectivity index (χ4n) is 1.74. The van der Waals surface area contributed by atoms with E-state index < -0.39 is 0 Å². The molecule has 2 aromatic rings. The molecule has 0 aliphatic rings. The summed E-state index contributed by atoms with van der Waals surface area (Å²) in [6.45, 7) is 0. The second-order valence-corrected chi connectivity index (χ2v) is 5.99. The van der Waals surface area contributed by atoms with Gasteiger partial charge in [-0.25, -0.2) is 0 Å². The summed E-state index contributed by atoms with van der Waals surface area (Å²) >= 11 is 6.70. The normalized spacial score (nSPS) is 9.85. The molecule has 0 atom stereocenters. The van der Waals surface area contributed by atoms with Crippen molar-refractivity contribution in [3.05, 3.63) is 62.5 Å². The zero-order valence-corrected chi connectivity index (χ0v) is 13.5. The molecule has 0 aromatic heterocycles. The molecule has 0 radical (unpaired) electrons. The van der Waals surface area contributed by atoms with E-state index in [1.165, 1.54) is 0 Å². The van der Waals surface area contributed by atoms with E-state index in [0.29, 0.717) is 11.3 Å². The molecular formula is C15H10Br2N2O. The number of anilines is 1. The fourth-order valence-corrected chi connectivity index (χ4v) is 2.55. The monoisotopic (exact) mass is 392 g/mol. The minimum atomic E-state index is -0.155. The molecule has 0 spiro atoms. The topological polar surface area (TPSA) is 52.9 Å². The van der Waals surface area contributed by atoms with Gasteiger partial charge < -0.3 is 5.32 Å². The zero-order chi connectivity index (χ0) is 14.5. The van der Waals surface area contributed by atoms with Crippen LogP contribution in [0.15, 0.2) is 51.4 Å². The van der Waals surface area contributed by atoms with Gasteiger partial charge in [0.15, 0.2) is 0 Å². The van der Waals surface area contributed by atoms with E-state index in [1.807, 2.05) is 24.3 Å². The second kappa shape index (κ2) is 6.69. The number of carbonyl (C=O) groups is 1. The molecule has 2 aromatic carbocycles. The van der Waals surface area contributed by atoms with Crippen LogP contribution in [0.2, 0.25) is 0 Å². The number of rotatable bonds is 3. The van der Waals surface area contributed by atoms with Crippen LogP contribution in [0.25, 0.3) is 0 Å². The largest absolute Gasteiger partial charge is 0.325 e. The number of nitrogens with zero attached hydrogens (tertiary/aromatic N) is 1. The molecule has 0 aliphatic carbocycles. The van der Waals surface area contributed by atoms with E-state index >= 15 is 0 Å². The Morgan fingerprint density at radius 2 is 1.90 bits per heavy atom. The van der Waals surface area contributed by atoms with E-state index in [9.17, 15) is 4.79 Å². The molecule has 0 saturated heterocycles. The highest BCUT2D eigenvalue weighted by molar-refractivity contribution is 9.10. The summed E-state index contributed by atoms with van der Waals surface area (Å²) in [7, 11) is 0. The van der Waals surface area contributed by atoms with Gasteiger partial charge in [0.2, 0.25) is 5.91 Å². The molecule has 3 nitrogen and oxygen atoms in total. The first-order valence-corrected chi connectivity index (χ1v) is 7.41. The molecule has 100 valence electrons. The van der Waals surface area contributed by atoms with Crippen molar-refractivity contribution in [3.8, 4) is 6.07 Å². The summed E-state index contributed by atoms with van der Waals surface area (Å²) in [5.74, 6) is -0.155. The molecule has 0 bridgehead atoms. The van der Waals surface area contributed by atoms with E-state index in [-0.39, 0.29) is 12.3 Å². The van der Waals surface area contributed by atoms with Crippen molar-refractivity contribution in [2.45, 2.75) is 6.42 Å². The van der Waals surface area contributed by atoms with E-state index in [0.717, 1.165) is 14.5 Å². The number of hydrogen-bond donors (Lipinski definition) is 1. The van der Waals surface area contributed by atoms with Crippen LogP contribution >= 0.6 is 31.9 Å². The van der Waals surface area contributed by atoms with Crippen molar-refractivity contribution < 1.29 is 4.79 Å². The highest BCUT2D eigenvalue weighted by atomic mass is 79.9. The Labute approximate surface area is 133 Å². The molecular weight excluding hydrogens is 384 g/mol. The minimum Gasteiger partial charge on any atom is -0.325 e. The van der Waals surface area contributed by atoms with Crippen molar-refractivity contribution >= 4 is 43.5 Å². The second-order valence-electron chi connectivity index (χ2n) is 4.16. The average molecular weight is 394 g/mol. The van der Waals surface area contributed by atoms with E-state index in [2.05, 4.69) is 43.2 Å². The number of amides is 1. The maximum absolute atomic E-state index is 12.0. The molecule has 0 saturated carbocycles. The van der Waals surface area contributed by atoms with Crippen LogP contribution in [-0.2, 0) is 11.2 Å². The maximum Gasteiger partial charge on any atom is 0.228 e. The molecule has 20 heavy (non-hydrogen) atoms. The summed E-state index contributed by atoms with van der Waals surface area (Å²) in [5, 5.41) is 11.8. The Bertz CT molecular complexity index is 693. The Kier molecular flexibility index (Phi) is 4.94. The van der Waals surface area contributed by atoms with Crippen LogP contribution in [0.5, 0.6) is 0 Å². The molecule has 0 heterocycles. The first-order valence-electron chi connectivity index (χ1n) is 5.82. The van der Waals surface area contributed by atoms with E-state index in [4.69, 9.17) is 5.26 Å². The van der Waals surface area contributed by atoms with Gasteiger partial charge in [-0.2, -0.15) is 5.26 Å². The molecule has 0 aliphatic heterocycles. The van der Waals surface area contributed by atoms with Crippen molar-refractivity contribution in [2.75, 3.05) is 5.32 Å². The van der Waals surface area contributed by atoms with Gasteiger partial charge >= 0.3 is 0 Å². The van der Waals surface area contributed by atoms with Crippen molar-refractivity contribution in [2.24, 2.45) is 0 Å². The Hall–Kier alpha value is -1.64. The number of hydrogen-bond acceptors (Lipinski definition) is 2. The van der Waals surface area contributed by atoms with Crippen LogP contribution in [0.1, 0.15) is 11.1 Å². The predicted molar refractivity (Wildman–Crippen MR) is 85.3 cm³/mol. The molecule has 0 fully saturated rings. The van der Waals surface area contributed by atoms with Crippen molar-refractivity contribution in [1.82, 2.24) is 0 Å². The summed E-state index contributed by atoms with van der Waals surface area (Å²) < 4.78 is 1.75. The third-order valence-electron chi connectivity index (χ3n) is 2.63. The Balaban J connectivity index is 2.13. The Morgan fingerprint density at radius 1 is 1.15 bits per heavy atom. The van der Waals surface area contributed by atoms with E-state index in [1.54, 1.807) is 18.2 Å². The number of carbonyl (C=O) groups excluding carboxylic acids is 1. The smallest absolute Gasteiger partial charge is 0.228 e. The fraction of sp³-hybridized carbons (Fsp3) is 0.0667. The van der Waals surface area contributed by atoms with Crippen LogP contribution < -0.4 is 5.32 Å². The van der Waals surface area contributed by atoms with Crippen molar-refractivity contribution in [3.63, 3.8) is 0 Å². The van der Waals surface area contributed by atoms with Gasteiger partial charge in [-0.3, -0.25) is 4.79 Å². The quantitative estimate of drug-likeness (QED) is 0.846. The highest BCUT2D eigenvalue weighted by Gasteiger charge is 2.08. The molecule has 1 N–H and O–H groups in total. The lowest BCUT2D eigenvalue weighted by Crippen LogP contribution is -2.15. The lowest BCUT2D eigenvalue weighted by atomic mass is 10.1. The highest BCUT2D eigenvalue weighted by Crippen LogP contribution is 2.21. The number of nitrogens with one attached hydrogen (secondary N) is 1. The summed E-state index contributed by atoms with van der Waals surface area (Å²) in [5.41, 5.74) is 1.86. The lowest BCUT2D eigenvalue weighted by molar-refractivity contribution is -0.115. The molecule has 2 rings (SSSR count). The molecule has 0 unspecified atom stereocenters. The molecule has 5 heteroatoms. The number of benzene rings is 2. The van der Waals surface area contributed by atoms with Crippen LogP contribution in [0.4, 0.5) is 5.69 Å². The minimum absolute atomic E-state index is 0.155. The lowest BCUT2D eigenvalue weighted by Gasteiger charge is -2.08. The van der Waals surface area contributed by atoms with Crippen LogP contribution in [-0.4, -0.2) is 5.91 Å². The predicted octanol–water partition coefficient (Wildman–Crippen LogP) is 4.26. The van der Waals surface area contributed by atoms with Crippen molar-refractivity contribution in [1.29, 1.82) is 5.26 Å². The summed E-state index contributed by atoms with van der Waals surface area (Å²) in [6, 6.07) is 14.8. The van der Waals surface area contributed by atoms with Gasteiger partial charge in [0.05, 0.1) is 17.7 Å². The summed E-state index contributed by atoms with van der Waals surface area (Å²) in [6.07, 6.45) is 0.261. The van der Waals surface area contributed by atoms with Crippen LogP contribution in [0.3, 0.4) is 0 Å². The van der Waals surface area contributed by atoms with Gasteiger partial charge in [0, 0.05) is 8.95 Å². The third kappa shape index (κ3) is 3.92. The first-order chi connectivity index (χ1) is 9.58. The van der Waals surface area contributed by atoms with Crippen LogP contribution in [0, 0.1) is 11.3 Å². The molecule has 1 amide bonds. The standard InChI is InChI=1S/C15H10Br2N2O/c16-12-3-1-2-10(6-12)7-15(20)19-14-8-13(17)5-4-11(14)9-18/h1-6,8H,7H2,(H,19,20). The SMILES string of the molecule is N#Cc1ccc(Br)cc1NC(=O)Cc1cccc(Br)c1. The number of halogens is 2. The average Bonchev–Trinajstić information content (AvgIpc) is 2.38. The summed E-state index contributed by atoms with van der Waals surface area (Å²) in [4.78, 5) is 12.0. The maximum atomic E-state index is 12.0.